The second-order valence-corrected chi connectivity index (χ2v) is 5.63. The first-order valence-electron chi connectivity index (χ1n) is 7.71. The summed E-state index contributed by atoms with van der Waals surface area (Å²) in [5.41, 5.74) is 1.08. The van der Waals surface area contributed by atoms with E-state index in [2.05, 4.69) is 15.3 Å². The summed E-state index contributed by atoms with van der Waals surface area (Å²) < 4.78 is 19.1. The maximum atomic E-state index is 5.97. The highest BCUT2D eigenvalue weighted by atomic mass is 16.6. The molecule has 0 radical (unpaired) electrons. The van der Waals surface area contributed by atoms with Crippen LogP contribution in [-0.4, -0.2) is 39.8 Å². The fourth-order valence-electron chi connectivity index (χ4n) is 3.07. The first-order chi connectivity index (χ1) is 11.2. The normalized spacial score (nSPS) is 21.3. The van der Waals surface area contributed by atoms with Gasteiger partial charge in [0.2, 0.25) is 0 Å². The van der Waals surface area contributed by atoms with Crippen LogP contribution in [0.4, 0.5) is 0 Å². The molecule has 0 spiro atoms. The molecule has 1 saturated heterocycles. The van der Waals surface area contributed by atoms with Crippen LogP contribution in [-0.2, 0) is 22.1 Å². The van der Waals surface area contributed by atoms with Crippen molar-refractivity contribution in [2.45, 2.75) is 18.9 Å². The van der Waals surface area contributed by atoms with Gasteiger partial charge in [0, 0.05) is 25.5 Å². The van der Waals surface area contributed by atoms with Gasteiger partial charge in [0.25, 0.3) is 11.8 Å². The van der Waals surface area contributed by atoms with Gasteiger partial charge < -0.3 is 13.9 Å². The van der Waals surface area contributed by atoms with Gasteiger partial charge in [-0.15, -0.1) is 10.2 Å². The quantitative estimate of drug-likeness (QED) is 0.735. The molecule has 0 amide bonds. The van der Waals surface area contributed by atoms with Crippen molar-refractivity contribution in [2.24, 2.45) is 7.05 Å². The zero-order valence-corrected chi connectivity index (χ0v) is 13.2. The first kappa shape index (κ1) is 14.3. The topological polar surface area (TPSA) is 75.2 Å². The van der Waals surface area contributed by atoms with Crippen LogP contribution >= 0.6 is 0 Å². The van der Waals surface area contributed by atoms with Gasteiger partial charge in [0.05, 0.1) is 18.7 Å². The van der Waals surface area contributed by atoms with E-state index >= 15 is 0 Å². The van der Waals surface area contributed by atoms with Crippen LogP contribution in [0.1, 0.15) is 19.2 Å². The van der Waals surface area contributed by atoms with E-state index in [0.717, 1.165) is 16.6 Å². The van der Waals surface area contributed by atoms with Crippen molar-refractivity contribution in [3.05, 3.63) is 30.2 Å². The predicted octanol–water partition coefficient (Wildman–Crippen LogP) is 2.28. The average Bonchev–Trinajstić information content (AvgIpc) is 3.24. The molecule has 1 unspecified atom stereocenters. The molecule has 0 saturated carbocycles. The monoisotopic (exact) mass is 314 g/mol. The lowest BCUT2D eigenvalue weighted by Gasteiger charge is -2.22. The Bertz CT molecular complexity index is 833. The summed E-state index contributed by atoms with van der Waals surface area (Å²) in [6, 6.07) is 7.89. The lowest BCUT2D eigenvalue weighted by Crippen LogP contribution is -2.30. The molecule has 3 heterocycles. The van der Waals surface area contributed by atoms with E-state index in [1.165, 1.54) is 0 Å². The van der Waals surface area contributed by atoms with E-state index in [1.54, 1.807) is 4.68 Å². The molecule has 7 nitrogen and oxygen atoms in total. The van der Waals surface area contributed by atoms with Gasteiger partial charge in [0.1, 0.15) is 5.69 Å². The standard InChI is InChI=1S/C16H18N4O3/c1-3-22-16(8-9-21-10-16)15-18-17-14(23-15)13-11-6-4-5-7-12(11)19-20(13)2/h4-7H,3,8-10H2,1-2H3. The van der Waals surface area contributed by atoms with Gasteiger partial charge in [0.15, 0.2) is 5.60 Å². The van der Waals surface area contributed by atoms with Crippen LogP contribution < -0.4 is 0 Å². The number of ether oxygens (including phenoxy) is 2. The van der Waals surface area contributed by atoms with Gasteiger partial charge in [-0.3, -0.25) is 4.68 Å². The molecule has 0 aliphatic carbocycles. The van der Waals surface area contributed by atoms with E-state index in [0.29, 0.717) is 38.0 Å². The van der Waals surface area contributed by atoms with Gasteiger partial charge in [-0.1, -0.05) is 18.2 Å². The average molecular weight is 314 g/mol. The lowest BCUT2D eigenvalue weighted by molar-refractivity contribution is -0.0657. The van der Waals surface area contributed by atoms with Gasteiger partial charge in [-0.25, -0.2) is 0 Å². The van der Waals surface area contributed by atoms with Crippen LogP contribution in [0.3, 0.4) is 0 Å². The third kappa shape index (κ3) is 2.24. The van der Waals surface area contributed by atoms with E-state index < -0.39 is 5.60 Å². The molecule has 1 atom stereocenters. The van der Waals surface area contributed by atoms with E-state index in [1.807, 2.05) is 38.2 Å². The molecule has 1 aliphatic rings. The molecular weight excluding hydrogens is 296 g/mol. The molecular formula is C16H18N4O3. The summed E-state index contributed by atoms with van der Waals surface area (Å²) in [7, 11) is 1.87. The number of benzene rings is 1. The Morgan fingerprint density at radius 1 is 1.30 bits per heavy atom. The Morgan fingerprint density at radius 2 is 2.17 bits per heavy atom. The van der Waals surface area contributed by atoms with Crippen LogP contribution in [0.2, 0.25) is 0 Å². The zero-order chi connectivity index (χ0) is 15.9. The molecule has 0 bridgehead atoms. The molecule has 23 heavy (non-hydrogen) atoms. The number of fused-ring (bicyclic) bond motifs is 1. The second-order valence-electron chi connectivity index (χ2n) is 5.63. The van der Waals surface area contributed by atoms with Crippen molar-refractivity contribution in [3.63, 3.8) is 0 Å². The lowest BCUT2D eigenvalue weighted by atomic mass is 10.0. The highest BCUT2D eigenvalue weighted by molar-refractivity contribution is 5.90. The SMILES string of the molecule is CCOC1(c2nnc(-c3c4ccccc4nn3C)o2)CCOC1. The molecule has 2 aromatic heterocycles. The maximum Gasteiger partial charge on any atom is 0.266 e. The predicted molar refractivity (Wildman–Crippen MR) is 82.7 cm³/mol. The molecule has 7 heteroatoms. The van der Waals surface area contributed by atoms with Crippen molar-refractivity contribution in [2.75, 3.05) is 19.8 Å². The smallest absolute Gasteiger partial charge is 0.266 e. The van der Waals surface area contributed by atoms with E-state index in [4.69, 9.17) is 13.9 Å². The first-order valence-corrected chi connectivity index (χ1v) is 7.71. The number of nitrogens with zero attached hydrogens (tertiary/aromatic N) is 4. The van der Waals surface area contributed by atoms with Gasteiger partial charge >= 0.3 is 0 Å². The second kappa shape index (κ2) is 5.43. The Morgan fingerprint density at radius 3 is 2.96 bits per heavy atom. The minimum absolute atomic E-state index is 0.439. The summed E-state index contributed by atoms with van der Waals surface area (Å²) in [4.78, 5) is 0. The van der Waals surface area contributed by atoms with Gasteiger partial charge in [-0.2, -0.15) is 5.10 Å². The summed E-state index contributed by atoms with van der Waals surface area (Å²) in [5, 5.41) is 13.9. The highest BCUT2D eigenvalue weighted by Gasteiger charge is 2.43. The zero-order valence-electron chi connectivity index (χ0n) is 13.2. The minimum atomic E-state index is -0.631. The van der Waals surface area contributed by atoms with Crippen LogP contribution in [0.25, 0.3) is 22.5 Å². The fourth-order valence-corrected chi connectivity index (χ4v) is 3.07. The van der Waals surface area contributed by atoms with Crippen molar-refractivity contribution in [1.29, 1.82) is 0 Å². The Hall–Kier alpha value is -2.25. The van der Waals surface area contributed by atoms with E-state index in [9.17, 15) is 0 Å². The molecule has 1 aliphatic heterocycles. The largest absolute Gasteiger partial charge is 0.416 e. The molecule has 0 N–H and O–H groups in total. The number of hydrogen-bond donors (Lipinski definition) is 0. The number of aryl methyl sites for hydroxylation is 1. The number of rotatable bonds is 4. The Balaban J connectivity index is 1.79. The third-order valence-electron chi connectivity index (χ3n) is 4.16. The minimum Gasteiger partial charge on any atom is -0.416 e. The van der Waals surface area contributed by atoms with Crippen LogP contribution in [0.5, 0.6) is 0 Å². The van der Waals surface area contributed by atoms with Crippen molar-refractivity contribution in [1.82, 2.24) is 20.0 Å². The molecule has 1 fully saturated rings. The van der Waals surface area contributed by atoms with Crippen molar-refractivity contribution >= 4 is 10.9 Å². The summed E-state index contributed by atoms with van der Waals surface area (Å²) in [6.07, 6.45) is 0.717. The fraction of sp³-hybridized carbons (Fsp3) is 0.438. The van der Waals surface area contributed by atoms with Crippen LogP contribution in [0, 0.1) is 0 Å². The molecule has 120 valence electrons. The highest BCUT2D eigenvalue weighted by Crippen LogP contribution is 2.36. The third-order valence-corrected chi connectivity index (χ3v) is 4.16. The Kier molecular flexibility index (Phi) is 3.39. The summed E-state index contributed by atoms with van der Waals surface area (Å²) >= 11 is 0. The number of hydrogen-bond acceptors (Lipinski definition) is 6. The molecule has 3 aromatic rings. The molecule has 4 rings (SSSR count). The molecule has 1 aromatic carbocycles. The number of aromatic nitrogens is 4. The Labute approximate surface area is 133 Å². The van der Waals surface area contributed by atoms with Crippen molar-refractivity contribution in [3.8, 4) is 11.6 Å². The van der Waals surface area contributed by atoms with Crippen LogP contribution in [0.15, 0.2) is 28.7 Å². The van der Waals surface area contributed by atoms with Gasteiger partial charge in [-0.05, 0) is 13.0 Å². The summed E-state index contributed by atoms with van der Waals surface area (Å²) in [5.74, 6) is 0.916. The summed E-state index contributed by atoms with van der Waals surface area (Å²) in [6.45, 7) is 3.59. The van der Waals surface area contributed by atoms with E-state index in [-0.39, 0.29) is 0 Å². The maximum absolute atomic E-state index is 5.97. The van der Waals surface area contributed by atoms with Crippen molar-refractivity contribution < 1.29 is 13.9 Å².